The van der Waals surface area contributed by atoms with E-state index in [1.165, 1.54) is 6.07 Å². The summed E-state index contributed by atoms with van der Waals surface area (Å²) in [5.41, 5.74) is 4.62. The highest BCUT2D eigenvalue weighted by Crippen LogP contribution is 2.33. The van der Waals surface area contributed by atoms with Crippen molar-refractivity contribution in [1.82, 2.24) is 0 Å². The molecule has 0 radical (unpaired) electrons. The SMILES string of the molecule is N[C@H](CF)c1cc(C(F)(F)F)ccc1Br. The Labute approximate surface area is 92.4 Å². The number of hydrogen-bond acceptors (Lipinski definition) is 1. The molecule has 1 aromatic rings. The zero-order valence-electron chi connectivity index (χ0n) is 7.48. The molecule has 0 amide bonds. The van der Waals surface area contributed by atoms with E-state index in [2.05, 4.69) is 15.9 Å². The van der Waals surface area contributed by atoms with Crippen molar-refractivity contribution in [2.45, 2.75) is 12.2 Å². The van der Waals surface area contributed by atoms with Crippen LogP contribution in [0.25, 0.3) is 0 Å². The summed E-state index contributed by atoms with van der Waals surface area (Å²) in [6.07, 6.45) is -4.44. The number of rotatable bonds is 2. The van der Waals surface area contributed by atoms with Crippen LogP contribution in [-0.2, 0) is 6.18 Å². The lowest BCUT2D eigenvalue weighted by atomic mass is 10.1. The third-order valence-electron chi connectivity index (χ3n) is 1.89. The molecule has 1 nitrogen and oxygen atoms in total. The Morgan fingerprint density at radius 1 is 1.33 bits per heavy atom. The molecule has 0 saturated carbocycles. The lowest BCUT2D eigenvalue weighted by Gasteiger charge is -2.13. The van der Waals surface area contributed by atoms with Crippen molar-refractivity contribution in [3.8, 4) is 0 Å². The van der Waals surface area contributed by atoms with Crippen LogP contribution in [0.2, 0.25) is 0 Å². The number of hydrogen-bond donors (Lipinski definition) is 1. The zero-order chi connectivity index (χ0) is 11.6. The topological polar surface area (TPSA) is 26.0 Å². The van der Waals surface area contributed by atoms with Gasteiger partial charge in [0.25, 0.3) is 0 Å². The number of halogens is 5. The summed E-state index contributed by atoms with van der Waals surface area (Å²) in [7, 11) is 0. The Balaban J connectivity index is 3.17. The van der Waals surface area contributed by atoms with Crippen LogP contribution in [0.4, 0.5) is 17.6 Å². The van der Waals surface area contributed by atoms with Gasteiger partial charge in [0, 0.05) is 4.47 Å². The van der Waals surface area contributed by atoms with Gasteiger partial charge in [-0.1, -0.05) is 15.9 Å². The summed E-state index contributed by atoms with van der Waals surface area (Å²) in [5.74, 6) is 0. The highest BCUT2D eigenvalue weighted by Gasteiger charge is 2.31. The maximum absolute atomic E-state index is 12.3. The molecule has 15 heavy (non-hydrogen) atoms. The highest BCUT2D eigenvalue weighted by molar-refractivity contribution is 9.10. The number of nitrogens with two attached hydrogens (primary N) is 1. The molecule has 0 aromatic heterocycles. The predicted molar refractivity (Wildman–Crippen MR) is 52.0 cm³/mol. The third-order valence-corrected chi connectivity index (χ3v) is 2.61. The molecule has 0 saturated heterocycles. The van der Waals surface area contributed by atoms with Crippen LogP contribution >= 0.6 is 15.9 Å². The fourth-order valence-electron chi connectivity index (χ4n) is 1.09. The van der Waals surface area contributed by atoms with E-state index in [9.17, 15) is 17.6 Å². The Hall–Kier alpha value is -0.620. The molecule has 6 heteroatoms. The normalized spacial score (nSPS) is 14.0. The molecule has 0 spiro atoms. The predicted octanol–water partition coefficient (Wildman–Crippen LogP) is 3.44. The first-order chi connectivity index (χ1) is 6.86. The van der Waals surface area contributed by atoms with Gasteiger partial charge in [-0.2, -0.15) is 13.2 Å². The maximum Gasteiger partial charge on any atom is 0.416 e. The van der Waals surface area contributed by atoms with Crippen LogP contribution in [-0.4, -0.2) is 6.67 Å². The Bertz CT molecular complexity index is 350. The average Bonchev–Trinajstić information content (AvgIpc) is 2.15. The molecule has 0 aliphatic carbocycles. The van der Waals surface area contributed by atoms with Crippen LogP contribution in [0.3, 0.4) is 0 Å². The fourth-order valence-corrected chi connectivity index (χ4v) is 1.63. The lowest BCUT2D eigenvalue weighted by Crippen LogP contribution is -2.14. The molecule has 0 aliphatic heterocycles. The van der Waals surface area contributed by atoms with Gasteiger partial charge >= 0.3 is 6.18 Å². The summed E-state index contributed by atoms with van der Waals surface area (Å²) in [4.78, 5) is 0. The molecule has 84 valence electrons. The Kier molecular flexibility index (Phi) is 3.72. The lowest BCUT2D eigenvalue weighted by molar-refractivity contribution is -0.137. The van der Waals surface area contributed by atoms with Gasteiger partial charge in [-0.15, -0.1) is 0 Å². The minimum Gasteiger partial charge on any atom is -0.322 e. The molecule has 0 fully saturated rings. The van der Waals surface area contributed by atoms with Crippen LogP contribution in [0.5, 0.6) is 0 Å². The first-order valence-electron chi connectivity index (χ1n) is 4.04. The monoisotopic (exact) mass is 285 g/mol. The molecule has 2 N–H and O–H groups in total. The highest BCUT2D eigenvalue weighted by atomic mass is 79.9. The van der Waals surface area contributed by atoms with Crippen LogP contribution in [0.1, 0.15) is 17.2 Å². The first-order valence-corrected chi connectivity index (χ1v) is 4.83. The fraction of sp³-hybridized carbons (Fsp3) is 0.333. The molecule has 1 aromatic carbocycles. The second kappa shape index (κ2) is 4.49. The first kappa shape index (κ1) is 12.4. The van der Waals surface area contributed by atoms with Gasteiger partial charge < -0.3 is 5.73 Å². The molecular weight excluding hydrogens is 278 g/mol. The van der Waals surface area contributed by atoms with Crippen LogP contribution in [0, 0.1) is 0 Å². The van der Waals surface area contributed by atoms with Crippen LogP contribution < -0.4 is 5.73 Å². The smallest absolute Gasteiger partial charge is 0.322 e. The number of benzene rings is 1. The zero-order valence-corrected chi connectivity index (χ0v) is 9.07. The molecule has 0 bridgehead atoms. The van der Waals surface area contributed by atoms with Crippen molar-refractivity contribution in [3.63, 3.8) is 0 Å². The summed E-state index contributed by atoms with van der Waals surface area (Å²) in [6.45, 7) is -0.903. The van der Waals surface area contributed by atoms with Gasteiger partial charge in [-0.3, -0.25) is 0 Å². The molecular formula is C9H8BrF4N. The largest absolute Gasteiger partial charge is 0.416 e. The molecule has 0 aliphatic rings. The van der Waals surface area contributed by atoms with Gasteiger partial charge in [0.2, 0.25) is 0 Å². The summed E-state index contributed by atoms with van der Waals surface area (Å²) in [5, 5.41) is 0. The van der Waals surface area contributed by atoms with Gasteiger partial charge in [0.15, 0.2) is 0 Å². The Morgan fingerprint density at radius 3 is 2.40 bits per heavy atom. The summed E-state index contributed by atoms with van der Waals surface area (Å²) >= 11 is 3.02. The van der Waals surface area contributed by atoms with Crippen LogP contribution in [0.15, 0.2) is 22.7 Å². The van der Waals surface area contributed by atoms with Crippen molar-refractivity contribution in [1.29, 1.82) is 0 Å². The van der Waals surface area contributed by atoms with Gasteiger partial charge in [0.05, 0.1) is 11.6 Å². The van der Waals surface area contributed by atoms with Gasteiger partial charge in [-0.05, 0) is 23.8 Å². The quantitative estimate of drug-likeness (QED) is 0.828. The van der Waals surface area contributed by atoms with E-state index in [1.807, 2.05) is 0 Å². The van der Waals surface area contributed by atoms with E-state index in [1.54, 1.807) is 0 Å². The van der Waals surface area contributed by atoms with Crippen molar-refractivity contribution < 1.29 is 17.6 Å². The van der Waals surface area contributed by atoms with E-state index in [0.717, 1.165) is 12.1 Å². The summed E-state index contributed by atoms with van der Waals surface area (Å²) in [6, 6.07) is 1.95. The minimum absolute atomic E-state index is 0.118. The van der Waals surface area contributed by atoms with Gasteiger partial charge in [-0.25, -0.2) is 4.39 Å². The van der Waals surface area contributed by atoms with Crippen molar-refractivity contribution in [2.75, 3.05) is 6.67 Å². The Morgan fingerprint density at radius 2 is 1.93 bits per heavy atom. The maximum atomic E-state index is 12.3. The molecule has 0 unspecified atom stereocenters. The molecule has 0 heterocycles. The second-order valence-corrected chi connectivity index (χ2v) is 3.85. The van der Waals surface area contributed by atoms with E-state index < -0.39 is 24.5 Å². The molecule has 1 atom stereocenters. The third kappa shape index (κ3) is 2.92. The van der Waals surface area contributed by atoms with E-state index in [0.29, 0.717) is 4.47 Å². The van der Waals surface area contributed by atoms with Crippen molar-refractivity contribution in [2.24, 2.45) is 5.73 Å². The number of alkyl halides is 4. The van der Waals surface area contributed by atoms with Gasteiger partial charge in [0.1, 0.15) is 6.67 Å². The van der Waals surface area contributed by atoms with E-state index >= 15 is 0 Å². The van der Waals surface area contributed by atoms with Crippen molar-refractivity contribution in [3.05, 3.63) is 33.8 Å². The average molecular weight is 286 g/mol. The standard InChI is InChI=1S/C9H8BrF4N/c10-7-2-1-5(9(12,13)14)3-6(7)8(15)4-11/h1-3,8H,4,15H2/t8-/m1/s1. The molecule has 1 rings (SSSR count). The summed E-state index contributed by atoms with van der Waals surface area (Å²) < 4.78 is 49.6. The van der Waals surface area contributed by atoms with E-state index in [4.69, 9.17) is 5.73 Å². The van der Waals surface area contributed by atoms with E-state index in [-0.39, 0.29) is 5.56 Å². The van der Waals surface area contributed by atoms with Crippen molar-refractivity contribution >= 4 is 15.9 Å². The second-order valence-electron chi connectivity index (χ2n) is 2.99. The minimum atomic E-state index is -4.44.